The SMILES string of the molecule is Cc1c(-c2nc(CC(N)=O)nn2CCCO)nc2ccccn12. The third-order valence-corrected chi connectivity index (χ3v) is 3.56. The average Bonchev–Trinajstić information content (AvgIpc) is 3.06. The Morgan fingerprint density at radius 3 is 2.87 bits per heavy atom. The lowest BCUT2D eigenvalue weighted by molar-refractivity contribution is -0.117. The van der Waals surface area contributed by atoms with E-state index in [1.165, 1.54) is 0 Å². The maximum atomic E-state index is 11.1. The van der Waals surface area contributed by atoms with Crippen molar-refractivity contribution in [1.29, 1.82) is 0 Å². The van der Waals surface area contributed by atoms with E-state index in [9.17, 15) is 4.79 Å². The lowest BCUT2D eigenvalue weighted by Gasteiger charge is -2.03. The van der Waals surface area contributed by atoms with Crippen LogP contribution in [0.2, 0.25) is 0 Å². The number of carbonyl (C=O) groups excluding carboxylic acids is 1. The number of rotatable bonds is 6. The third-order valence-electron chi connectivity index (χ3n) is 3.56. The molecule has 0 aliphatic heterocycles. The molecule has 0 aliphatic carbocycles. The Bertz CT molecular complexity index is 851. The number of imidazole rings is 1. The van der Waals surface area contributed by atoms with Gasteiger partial charge in [0.2, 0.25) is 5.91 Å². The summed E-state index contributed by atoms with van der Waals surface area (Å²) in [7, 11) is 0. The second-order valence-corrected chi connectivity index (χ2v) is 5.27. The van der Waals surface area contributed by atoms with E-state index in [-0.39, 0.29) is 13.0 Å². The lowest BCUT2D eigenvalue weighted by atomic mass is 10.3. The average molecular weight is 314 g/mol. The first-order valence-corrected chi connectivity index (χ1v) is 7.37. The summed E-state index contributed by atoms with van der Waals surface area (Å²) in [5.74, 6) is 0.459. The normalized spacial score (nSPS) is 11.2. The molecular weight excluding hydrogens is 296 g/mol. The smallest absolute Gasteiger partial charge is 0.225 e. The minimum absolute atomic E-state index is 0.0223. The first-order chi connectivity index (χ1) is 11.1. The highest BCUT2D eigenvalue weighted by Crippen LogP contribution is 2.22. The van der Waals surface area contributed by atoms with E-state index in [4.69, 9.17) is 10.8 Å². The van der Waals surface area contributed by atoms with Gasteiger partial charge in [-0.1, -0.05) is 6.07 Å². The number of carbonyl (C=O) groups is 1. The number of hydrogen-bond donors (Lipinski definition) is 2. The van der Waals surface area contributed by atoms with Crippen molar-refractivity contribution in [1.82, 2.24) is 24.1 Å². The second kappa shape index (κ2) is 6.17. The molecule has 3 rings (SSSR count). The van der Waals surface area contributed by atoms with Gasteiger partial charge in [0.1, 0.15) is 11.3 Å². The molecule has 3 aromatic heterocycles. The maximum absolute atomic E-state index is 11.1. The molecule has 1 amide bonds. The van der Waals surface area contributed by atoms with Crippen molar-refractivity contribution in [2.75, 3.05) is 6.61 Å². The van der Waals surface area contributed by atoms with Gasteiger partial charge in [-0.2, -0.15) is 5.10 Å². The summed E-state index contributed by atoms with van der Waals surface area (Å²) in [6.45, 7) is 2.49. The van der Waals surface area contributed by atoms with Gasteiger partial charge in [0.15, 0.2) is 11.6 Å². The van der Waals surface area contributed by atoms with Crippen molar-refractivity contribution in [2.24, 2.45) is 5.73 Å². The van der Waals surface area contributed by atoms with E-state index in [1.54, 1.807) is 4.68 Å². The molecule has 120 valence electrons. The van der Waals surface area contributed by atoms with Gasteiger partial charge in [0.05, 0.1) is 12.1 Å². The van der Waals surface area contributed by atoms with Crippen molar-refractivity contribution < 1.29 is 9.90 Å². The standard InChI is InChI=1S/C15H18N6O2/c1-10-14(18-13-5-2-3-6-20(10)13)15-17-12(9-11(16)23)19-21(15)7-4-8-22/h2-3,5-6,22H,4,7-9H2,1H3,(H2,16,23). The maximum Gasteiger partial charge on any atom is 0.225 e. The van der Waals surface area contributed by atoms with Gasteiger partial charge >= 0.3 is 0 Å². The van der Waals surface area contributed by atoms with Crippen LogP contribution in [-0.2, 0) is 17.8 Å². The summed E-state index contributed by atoms with van der Waals surface area (Å²) in [4.78, 5) is 20.1. The van der Waals surface area contributed by atoms with Crippen LogP contribution in [0.25, 0.3) is 17.2 Å². The third kappa shape index (κ3) is 2.93. The van der Waals surface area contributed by atoms with Gasteiger partial charge in [-0.05, 0) is 25.5 Å². The Balaban J connectivity index is 2.09. The zero-order valence-corrected chi connectivity index (χ0v) is 12.8. The molecular formula is C15H18N6O2. The summed E-state index contributed by atoms with van der Waals surface area (Å²) in [6.07, 6.45) is 2.45. The molecule has 3 aromatic rings. The summed E-state index contributed by atoms with van der Waals surface area (Å²) in [5, 5.41) is 13.4. The molecule has 0 saturated heterocycles. The van der Waals surface area contributed by atoms with Gasteiger partial charge in [-0.3, -0.25) is 4.79 Å². The highest BCUT2D eigenvalue weighted by atomic mass is 16.3. The van der Waals surface area contributed by atoms with Crippen molar-refractivity contribution in [3.63, 3.8) is 0 Å². The molecule has 3 N–H and O–H groups in total. The minimum Gasteiger partial charge on any atom is -0.396 e. The molecule has 23 heavy (non-hydrogen) atoms. The fraction of sp³-hybridized carbons (Fsp3) is 0.333. The van der Waals surface area contributed by atoms with Gasteiger partial charge in [0.25, 0.3) is 0 Å². The predicted octanol–water partition coefficient (Wildman–Crippen LogP) is 0.311. The molecule has 0 atom stereocenters. The van der Waals surface area contributed by atoms with Crippen molar-refractivity contribution in [2.45, 2.75) is 26.3 Å². The van der Waals surface area contributed by atoms with Crippen molar-refractivity contribution >= 4 is 11.6 Å². The van der Waals surface area contributed by atoms with Gasteiger partial charge in [-0.15, -0.1) is 0 Å². The number of nitrogens with two attached hydrogens (primary N) is 1. The molecule has 0 spiro atoms. The molecule has 0 bridgehead atoms. The van der Waals surface area contributed by atoms with Crippen LogP contribution in [0.1, 0.15) is 17.9 Å². The van der Waals surface area contributed by atoms with Gasteiger partial charge in [0, 0.05) is 19.3 Å². The Labute approximate surface area is 132 Å². The van der Waals surface area contributed by atoms with E-state index in [2.05, 4.69) is 15.1 Å². The molecule has 3 heterocycles. The number of aromatic nitrogens is 5. The molecule has 0 unspecified atom stereocenters. The number of nitrogens with zero attached hydrogens (tertiary/aromatic N) is 5. The monoisotopic (exact) mass is 314 g/mol. The fourth-order valence-corrected chi connectivity index (χ4v) is 2.50. The van der Waals surface area contributed by atoms with Gasteiger partial charge < -0.3 is 15.2 Å². The van der Waals surface area contributed by atoms with E-state index < -0.39 is 5.91 Å². The van der Waals surface area contributed by atoms with Crippen LogP contribution >= 0.6 is 0 Å². The summed E-state index contributed by atoms with van der Waals surface area (Å²) < 4.78 is 3.64. The van der Waals surface area contributed by atoms with Crippen LogP contribution in [0.5, 0.6) is 0 Å². The Kier molecular flexibility index (Phi) is 4.07. The zero-order chi connectivity index (χ0) is 16.4. The largest absolute Gasteiger partial charge is 0.396 e. The summed E-state index contributed by atoms with van der Waals surface area (Å²) in [5.41, 5.74) is 7.68. The van der Waals surface area contributed by atoms with E-state index in [1.807, 2.05) is 35.7 Å². The van der Waals surface area contributed by atoms with Gasteiger partial charge in [-0.25, -0.2) is 14.6 Å². The number of aryl methyl sites for hydroxylation is 2. The molecule has 8 nitrogen and oxygen atoms in total. The van der Waals surface area contributed by atoms with Crippen LogP contribution in [0, 0.1) is 6.92 Å². The first-order valence-electron chi connectivity index (χ1n) is 7.37. The highest BCUT2D eigenvalue weighted by molar-refractivity contribution is 5.75. The number of hydrogen-bond acceptors (Lipinski definition) is 5. The Hall–Kier alpha value is -2.74. The lowest BCUT2D eigenvalue weighted by Crippen LogP contribution is -2.15. The quantitative estimate of drug-likeness (QED) is 0.680. The first kappa shape index (κ1) is 15.2. The van der Waals surface area contributed by atoms with Crippen LogP contribution in [-0.4, -0.2) is 41.8 Å². The summed E-state index contributed by atoms with van der Waals surface area (Å²) >= 11 is 0. The molecule has 0 aromatic carbocycles. The van der Waals surface area contributed by atoms with E-state index >= 15 is 0 Å². The topological polar surface area (TPSA) is 111 Å². The predicted molar refractivity (Wildman–Crippen MR) is 83.5 cm³/mol. The molecule has 8 heteroatoms. The Morgan fingerprint density at radius 2 is 2.17 bits per heavy atom. The molecule has 0 fully saturated rings. The van der Waals surface area contributed by atoms with Crippen LogP contribution < -0.4 is 5.73 Å². The number of primary amides is 1. The van der Waals surface area contributed by atoms with Crippen LogP contribution in [0.15, 0.2) is 24.4 Å². The highest BCUT2D eigenvalue weighted by Gasteiger charge is 2.19. The van der Waals surface area contributed by atoms with Crippen molar-refractivity contribution in [3.05, 3.63) is 35.9 Å². The van der Waals surface area contributed by atoms with Crippen molar-refractivity contribution in [3.8, 4) is 11.5 Å². The molecule has 0 saturated carbocycles. The second-order valence-electron chi connectivity index (χ2n) is 5.27. The Morgan fingerprint density at radius 1 is 1.35 bits per heavy atom. The molecule has 0 radical (unpaired) electrons. The number of aliphatic hydroxyl groups excluding tert-OH is 1. The van der Waals surface area contributed by atoms with E-state index in [0.29, 0.717) is 30.3 Å². The number of pyridine rings is 1. The fourth-order valence-electron chi connectivity index (χ4n) is 2.50. The number of fused-ring (bicyclic) bond motifs is 1. The van der Waals surface area contributed by atoms with Crippen LogP contribution in [0.4, 0.5) is 0 Å². The minimum atomic E-state index is -0.484. The van der Waals surface area contributed by atoms with Crippen LogP contribution in [0.3, 0.4) is 0 Å². The zero-order valence-electron chi connectivity index (χ0n) is 12.8. The summed E-state index contributed by atoms with van der Waals surface area (Å²) in [6, 6.07) is 5.76. The molecule has 0 aliphatic rings. The number of aliphatic hydroxyl groups is 1. The van der Waals surface area contributed by atoms with E-state index in [0.717, 1.165) is 11.3 Å². The number of amides is 1.